The summed E-state index contributed by atoms with van der Waals surface area (Å²) in [5.41, 5.74) is 0. The third kappa shape index (κ3) is 4.39. The SMILES string of the molecule is CCOCC(CO)NC. The van der Waals surface area contributed by atoms with Crippen molar-refractivity contribution in [1.82, 2.24) is 5.32 Å². The zero-order valence-corrected chi connectivity index (χ0v) is 6.05. The van der Waals surface area contributed by atoms with Crippen LogP contribution in [0.2, 0.25) is 0 Å². The minimum atomic E-state index is 0.0879. The van der Waals surface area contributed by atoms with Gasteiger partial charge in [0.2, 0.25) is 0 Å². The van der Waals surface area contributed by atoms with Crippen molar-refractivity contribution in [1.29, 1.82) is 0 Å². The normalized spacial score (nSPS) is 13.7. The Hall–Kier alpha value is -0.120. The molecule has 0 saturated heterocycles. The van der Waals surface area contributed by atoms with Gasteiger partial charge in [0, 0.05) is 6.61 Å². The molecule has 0 aromatic heterocycles. The maximum Gasteiger partial charge on any atom is 0.0641 e. The van der Waals surface area contributed by atoms with Crippen LogP contribution >= 0.6 is 0 Å². The van der Waals surface area contributed by atoms with Crippen molar-refractivity contribution >= 4 is 0 Å². The summed E-state index contributed by atoms with van der Waals surface area (Å²) in [5.74, 6) is 0. The second kappa shape index (κ2) is 6.01. The van der Waals surface area contributed by atoms with Crippen LogP contribution in [-0.4, -0.2) is 38.0 Å². The van der Waals surface area contributed by atoms with E-state index in [1.54, 1.807) is 7.05 Å². The van der Waals surface area contributed by atoms with E-state index >= 15 is 0 Å². The minimum absolute atomic E-state index is 0.0879. The van der Waals surface area contributed by atoms with Crippen LogP contribution in [0.1, 0.15) is 6.92 Å². The van der Waals surface area contributed by atoms with Crippen molar-refractivity contribution in [2.24, 2.45) is 0 Å². The Morgan fingerprint density at radius 3 is 2.67 bits per heavy atom. The lowest BCUT2D eigenvalue weighted by molar-refractivity contribution is 0.100. The highest BCUT2D eigenvalue weighted by molar-refractivity contribution is 4.59. The van der Waals surface area contributed by atoms with E-state index in [-0.39, 0.29) is 12.6 Å². The van der Waals surface area contributed by atoms with Crippen molar-refractivity contribution in [3.8, 4) is 0 Å². The molecule has 0 amide bonds. The first-order valence-corrected chi connectivity index (χ1v) is 3.21. The molecule has 0 fully saturated rings. The molecule has 1 atom stereocenters. The maximum atomic E-state index is 8.61. The fraction of sp³-hybridized carbons (Fsp3) is 1.00. The van der Waals surface area contributed by atoms with Crippen molar-refractivity contribution in [3.05, 3.63) is 0 Å². The quantitative estimate of drug-likeness (QED) is 0.536. The van der Waals surface area contributed by atoms with Gasteiger partial charge in [-0.25, -0.2) is 0 Å². The molecule has 2 N–H and O–H groups in total. The predicted molar refractivity (Wildman–Crippen MR) is 36.4 cm³/mol. The van der Waals surface area contributed by atoms with E-state index in [4.69, 9.17) is 9.84 Å². The Bertz CT molecular complexity index is 55.0. The van der Waals surface area contributed by atoms with Crippen LogP contribution in [0, 0.1) is 0 Å². The molecule has 0 radical (unpaired) electrons. The number of rotatable bonds is 5. The van der Waals surface area contributed by atoms with Gasteiger partial charge >= 0.3 is 0 Å². The molecular weight excluding hydrogens is 118 g/mol. The third-order valence-electron chi connectivity index (χ3n) is 1.15. The number of ether oxygens (including phenoxy) is 1. The average Bonchev–Trinajstić information content (AvgIpc) is 1.91. The van der Waals surface area contributed by atoms with E-state index in [0.717, 1.165) is 0 Å². The van der Waals surface area contributed by atoms with Gasteiger partial charge in [0.15, 0.2) is 0 Å². The summed E-state index contributed by atoms with van der Waals surface area (Å²) in [6.45, 7) is 3.36. The number of aliphatic hydroxyl groups is 1. The van der Waals surface area contributed by atoms with Gasteiger partial charge in [-0.1, -0.05) is 0 Å². The lowest BCUT2D eigenvalue weighted by Crippen LogP contribution is -2.33. The topological polar surface area (TPSA) is 41.5 Å². The summed E-state index contributed by atoms with van der Waals surface area (Å²) in [6.07, 6.45) is 0. The summed E-state index contributed by atoms with van der Waals surface area (Å²) in [7, 11) is 1.81. The first-order chi connectivity index (χ1) is 4.35. The van der Waals surface area contributed by atoms with Crippen molar-refractivity contribution in [2.75, 3.05) is 26.9 Å². The fourth-order valence-corrected chi connectivity index (χ4v) is 0.487. The summed E-state index contributed by atoms with van der Waals surface area (Å²) >= 11 is 0. The van der Waals surface area contributed by atoms with E-state index in [9.17, 15) is 0 Å². The first-order valence-electron chi connectivity index (χ1n) is 3.21. The molecule has 1 unspecified atom stereocenters. The van der Waals surface area contributed by atoms with Crippen LogP contribution in [0.5, 0.6) is 0 Å². The monoisotopic (exact) mass is 133 g/mol. The third-order valence-corrected chi connectivity index (χ3v) is 1.15. The highest BCUT2D eigenvalue weighted by atomic mass is 16.5. The summed E-state index contributed by atoms with van der Waals surface area (Å²) in [6, 6.07) is 0.0879. The van der Waals surface area contributed by atoms with Crippen LogP contribution in [-0.2, 0) is 4.74 Å². The summed E-state index contributed by atoms with van der Waals surface area (Å²) < 4.78 is 5.05. The van der Waals surface area contributed by atoms with E-state index in [1.807, 2.05) is 6.92 Å². The fourth-order valence-electron chi connectivity index (χ4n) is 0.487. The van der Waals surface area contributed by atoms with E-state index in [1.165, 1.54) is 0 Å². The highest BCUT2D eigenvalue weighted by Crippen LogP contribution is 1.81. The van der Waals surface area contributed by atoms with Gasteiger partial charge in [-0.15, -0.1) is 0 Å². The smallest absolute Gasteiger partial charge is 0.0641 e. The number of aliphatic hydroxyl groups excluding tert-OH is 1. The Morgan fingerprint density at radius 1 is 1.67 bits per heavy atom. The first kappa shape index (κ1) is 8.88. The maximum absolute atomic E-state index is 8.61. The largest absolute Gasteiger partial charge is 0.395 e. The molecule has 3 heteroatoms. The molecular formula is C6H15NO2. The van der Waals surface area contributed by atoms with Crippen molar-refractivity contribution < 1.29 is 9.84 Å². The Kier molecular flexibility index (Phi) is 5.93. The summed E-state index contributed by atoms with van der Waals surface area (Å²) in [4.78, 5) is 0. The molecule has 0 aliphatic heterocycles. The zero-order valence-electron chi connectivity index (χ0n) is 6.05. The van der Waals surface area contributed by atoms with Crippen molar-refractivity contribution in [3.63, 3.8) is 0 Å². The van der Waals surface area contributed by atoms with Crippen LogP contribution in [0.3, 0.4) is 0 Å². The molecule has 56 valence electrons. The van der Waals surface area contributed by atoms with Gasteiger partial charge in [-0.2, -0.15) is 0 Å². The van der Waals surface area contributed by atoms with Crippen LogP contribution in [0.15, 0.2) is 0 Å². The number of nitrogens with one attached hydrogen (secondary N) is 1. The molecule has 0 aliphatic rings. The molecule has 0 rings (SSSR count). The Labute approximate surface area is 56.0 Å². The molecule has 3 nitrogen and oxygen atoms in total. The van der Waals surface area contributed by atoms with E-state index in [0.29, 0.717) is 13.2 Å². The Balaban J connectivity index is 3.09. The second-order valence-corrected chi connectivity index (χ2v) is 1.83. The zero-order chi connectivity index (χ0) is 7.11. The predicted octanol–water partition coefficient (Wildman–Crippen LogP) is -0.397. The van der Waals surface area contributed by atoms with Crippen LogP contribution in [0.25, 0.3) is 0 Å². The number of hydrogen-bond acceptors (Lipinski definition) is 3. The number of hydrogen-bond donors (Lipinski definition) is 2. The molecule has 0 aromatic rings. The molecule has 0 heterocycles. The lowest BCUT2D eigenvalue weighted by Gasteiger charge is -2.11. The van der Waals surface area contributed by atoms with Gasteiger partial charge in [0.25, 0.3) is 0 Å². The molecule has 0 aliphatic carbocycles. The molecule has 0 bridgehead atoms. The van der Waals surface area contributed by atoms with Crippen molar-refractivity contribution in [2.45, 2.75) is 13.0 Å². The Morgan fingerprint density at radius 2 is 2.33 bits per heavy atom. The average molecular weight is 133 g/mol. The van der Waals surface area contributed by atoms with Gasteiger partial charge in [0.1, 0.15) is 0 Å². The lowest BCUT2D eigenvalue weighted by atomic mass is 10.3. The van der Waals surface area contributed by atoms with Crippen LogP contribution < -0.4 is 5.32 Å². The highest BCUT2D eigenvalue weighted by Gasteiger charge is 2.01. The number of likely N-dealkylation sites (N-methyl/N-ethyl adjacent to an activating group) is 1. The summed E-state index contributed by atoms with van der Waals surface area (Å²) in [5, 5.41) is 11.5. The molecule has 9 heavy (non-hydrogen) atoms. The second-order valence-electron chi connectivity index (χ2n) is 1.83. The molecule has 0 saturated carbocycles. The van der Waals surface area contributed by atoms with Crippen LogP contribution in [0.4, 0.5) is 0 Å². The van der Waals surface area contributed by atoms with Gasteiger partial charge in [0.05, 0.1) is 19.3 Å². The minimum Gasteiger partial charge on any atom is -0.395 e. The standard InChI is InChI=1S/C6H15NO2/c1-3-9-5-6(4-8)7-2/h6-8H,3-5H2,1-2H3. The molecule has 0 spiro atoms. The molecule has 0 aromatic carbocycles. The van der Waals surface area contributed by atoms with Gasteiger partial charge in [-0.05, 0) is 14.0 Å². The van der Waals surface area contributed by atoms with E-state index < -0.39 is 0 Å². The van der Waals surface area contributed by atoms with Gasteiger partial charge < -0.3 is 15.2 Å². The van der Waals surface area contributed by atoms with E-state index in [2.05, 4.69) is 5.32 Å². The van der Waals surface area contributed by atoms with Gasteiger partial charge in [-0.3, -0.25) is 0 Å².